The maximum absolute atomic E-state index is 15.4. The highest BCUT2D eigenvalue weighted by atomic mass is 19.1. The predicted molar refractivity (Wildman–Crippen MR) is 165 cm³/mol. The van der Waals surface area contributed by atoms with Crippen LogP contribution in [0.3, 0.4) is 0 Å². The Morgan fingerprint density at radius 2 is 1.78 bits per heavy atom. The fraction of sp³-hybridized carbons (Fsp3) is 0.469. The third-order valence-electron chi connectivity index (χ3n) is 8.82. The van der Waals surface area contributed by atoms with Crippen LogP contribution in [0.15, 0.2) is 39.9 Å². The topological polar surface area (TPSA) is 135 Å². The van der Waals surface area contributed by atoms with Gasteiger partial charge in [-0.25, -0.2) is 18.8 Å². The van der Waals surface area contributed by atoms with Crippen molar-refractivity contribution in [2.24, 2.45) is 5.92 Å². The molecule has 2 aliphatic heterocycles. The average molecular weight is 621 g/mol. The second kappa shape index (κ2) is 12.0. The fourth-order valence-corrected chi connectivity index (χ4v) is 6.25. The monoisotopic (exact) mass is 620 g/mol. The number of piperidine rings is 1. The minimum absolute atomic E-state index is 0.151. The largest absolute Gasteiger partial charge is 0.453 e. The molecular weight excluding hydrogens is 583 g/mol. The summed E-state index contributed by atoms with van der Waals surface area (Å²) in [5.74, 6) is -0.769. The van der Waals surface area contributed by atoms with E-state index in [-0.39, 0.29) is 47.0 Å². The van der Waals surface area contributed by atoms with E-state index < -0.39 is 29.2 Å². The number of nitrogens with zero attached hydrogens (tertiary/aromatic N) is 4. The number of carbonyl (C=O) groups is 3. The van der Waals surface area contributed by atoms with E-state index in [4.69, 9.17) is 4.74 Å². The van der Waals surface area contributed by atoms with Gasteiger partial charge in [0.05, 0.1) is 23.7 Å². The van der Waals surface area contributed by atoms with E-state index in [0.717, 1.165) is 30.0 Å². The lowest BCUT2D eigenvalue weighted by molar-refractivity contribution is 0.0912. The number of aromatic nitrogens is 2. The second-order valence-corrected chi connectivity index (χ2v) is 12.5. The molecule has 13 heteroatoms. The summed E-state index contributed by atoms with van der Waals surface area (Å²) in [6, 6.07) is 6.56. The van der Waals surface area contributed by atoms with Gasteiger partial charge in [-0.2, -0.15) is 0 Å². The van der Waals surface area contributed by atoms with Crippen molar-refractivity contribution >= 4 is 34.6 Å². The number of anilines is 1. The number of nitrogens with one attached hydrogen (secondary N) is 2. The quantitative estimate of drug-likeness (QED) is 0.431. The number of ether oxygens (including phenoxy) is 1. The molecule has 6 rings (SSSR count). The van der Waals surface area contributed by atoms with Crippen molar-refractivity contribution in [3.8, 4) is 0 Å². The summed E-state index contributed by atoms with van der Waals surface area (Å²) in [5.41, 5.74) is 1.35. The lowest BCUT2D eigenvalue weighted by Crippen LogP contribution is -2.50. The Bertz CT molecular complexity index is 1810. The van der Waals surface area contributed by atoms with Crippen LogP contribution in [0.2, 0.25) is 0 Å². The maximum Gasteiger partial charge on any atom is 0.410 e. The minimum Gasteiger partial charge on any atom is -0.453 e. The van der Waals surface area contributed by atoms with Crippen LogP contribution < -0.4 is 21.9 Å². The van der Waals surface area contributed by atoms with Gasteiger partial charge in [0.2, 0.25) is 0 Å². The number of halogens is 1. The minimum atomic E-state index is -0.756. The van der Waals surface area contributed by atoms with Gasteiger partial charge in [-0.1, -0.05) is 6.07 Å². The zero-order valence-electron chi connectivity index (χ0n) is 25.6. The number of hydrogen-bond acceptors (Lipinski definition) is 6. The molecule has 0 radical (unpaired) electrons. The third-order valence-corrected chi connectivity index (χ3v) is 8.82. The number of urea groups is 1. The molecule has 1 aliphatic carbocycles. The first-order valence-corrected chi connectivity index (χ1v) is 15.3. The third kappa shape index (κ3) is 6.03. The molecule has 4 amide bonds. The van der Waals surface area contributed by atoms with Gasteiger partial charge in [0.15, 0.2) is 0 Å². The first-order chi connectivity index (χ1) is 21.5. The van der Waals surface area contributed by atoms with Crippen molar-refractivity contribution < 1.29 is 23.5 Å². The van der Waals surface area contributed by atoms with Crippen molar-refractivity contribution in [3.63, 3.8) is 0 Å². The van der Waals surface area contributed by atoms with Gasteiger partial charge in [-0.3, -0.25) is 23.6 Å². The molecule has 1 aromatic heterocycles. The van der Waals surface area contributed by atoms with E-state index in [1.54, 1.807) is 30.9 Å². The van der Waals surface area contributed by atoms with Crippen LogP contribution in [0.1, 0.15) is 67.1 Å². The van der Waals surface area contributed by atoms with E-state index in [2.05, 4.69) is 10.6 Å². The molecule has 0 spiro atoms. The molecular formula is C32H37FN6O6. The highest BCUT2D eigenvalue weighted by molar-refractivity contribution is 5.95. The standard InChI is InChI=1S/C32H37FN6O6/c1-18(2)39-27-13-25(33)26(12-24(27)29(41)38(31(39)43)14-19-6-7-19)35-30(42)36-10-4-5-23(17-36)34-28(40)20-8-9-21-15-37(32(44)45-3)16-22(21)11-20/h8-9,11-13,18-19,23H,4-7,10,14-17H2,1-3H3,(H,34,40)(H,35,42)/t23-/m1/s1. The van der Waals surface area contributed by atoms with Crippen LogP contribution in [0.25, 0.3) is 10.9 Å². The molecule has 2 aromatic carbocycles. The SMILES string of the molecule is COC(=O)N1Cc2ccc(C(=O)N[C@@H]3CCCN(C(=O)Nc4cc5c(=O)n(CC6CC6)c(=O)n(C(C)C)c5cc4F)C3)cc2C1. The van der Waals surface area contributed by atoms with Crippen LogP contribution >= 0.6 is 0 Å². The van der Waals surface area contributed by atoms with Crippen LogP contribution in [0.4, 0.5) is 19.7 Å². The van der Waals surface area contributed by atoms with Gasteiger partial charge in [-0.15, -0.1) is 0 Å². The summed E-state index contributed by atoms with van der Waals surface area (Å²) < 4.78 is 22.8. The van der Waals surface area contributed by atoms with Gasteiger partial charge in [-0.05, 0) is 74.8 Å². The normalized spacial score (nSPS) is 17.8. The Morgan fingerprint density at radius 1 is 1.02 bits per heavy atom. The molecule has 3 heterocycles. The Morgan fingerprint density at radius 3 is 2.49 bits per heavy atom. The summed E-state index contributed by atoms with van der Waals surface area (Å²) >= 11 is 0. The molecule has 0 bridgehead atoms. The number of likely N-dealkylation sites (tertiary alicyclic amines) is 1. The van der Waals surface area contributed by atoms with Crippen LogP contribution in [0, 0.1) is 11.7 Å². The molecule has 45 heavy (non-hydrogen) atoms. The lowest BCUT2D eigenvalue weighted by Gasteiger charge is -2.33. The summed E-state index contributed by atoms with van der Waals surface area (Å²) in [6.07, 6.45) is 2.77. The molecule has 1 saturated carbocycles. The van der Waals surface area contributed by atoms with Gasteiger partial charge < -0.3 is 20.3 Å². The van der Waals surface area contributed by atoms with Crippen molar-refractivity contribution in [1.82, 2.24) is 24.3 Å². The molecule has 0 unspecified atom stereocenters. The molecule has 3 aliphatic rings. The summed E-state index contributed by atoms with van der Waals surface area (Å²) in [4.78, 5) is 67.9. The van der Waals surface area contributed by atoms with Gasteiger partial charge >= 0.3 is 17.8 Å². The van der Waals surface area contributed by atoms with Crippen molar-refractivity contribution in [2.75, 3.05) is 25.5 Å². The molecule has 3 aromatic rings. The molecule has 2 fully saturated rings. The highest BCUT2D eigenvalue weighted by Gasteiger charge is 2.29. The van der Waals surface area contributed by atoms with Crippen molar-refractivity contribution in [2.45, 2.75) is 71.2 Å². The van der Waals surface area contributed by atoms with Crippen LogP contribution in [-0.2, 0) is 24.4 Å². The van der Waals surface area contributed by atoms with Crippen LogP contribution in [0.5, 0.6) is 0 Å². The number of carbonyl (C=O) groups excluding carboxylic acids is 3. The van der Waals surface area contributed by atoms with E-state index in [1.165, 1.54) is 27.2 Å². The summed E-state index contributed by atoms with van der Waals surface area (Å²) in [7, 11) is 1.33. The van der Waals surface area contributed by atoms with Crippen molar-refractivity contribution in [3.05, 3.63) is 73.7 Å². The molecule has 1 atom stereocenters. The van der Waals surface area contributed by atoms with Crippen molar-refractivity contribution in [1.29, 1.82) is 0 Å². The number of benzene rings is 2. The highest BCUT2D eigenvalue weighted by Crippen LogP contribution is 2.30. The molecule has 238 valence electrons. The Hall–Kier alpha value is -4.68. The smallest absolute Gasteiger partial charge is 0.410 e. The first-order valence-electron chi connectivity index (χ1n) is 15.3. The zero-order chi connectivity index (χ0) is 32.0. The molecule has 1 saturated heterocycles. The first kappa shape index (κ1) is 30.4. The Kier molecular flexibility index (Phi) is 8.10. The van der Waals surface area contributed by atoms with E-state index in [0.29, 0.717) is 44.6 Å². The van der Waals surface area contributed by atoms with E-state index >= 15 is 4.39 Å². The number of hydrogen-bond donors (Lipinski definition) is 2. The van der Waals surface area contributed by atoms with Gasteiger partial charge in [0.1, 0.15) is 5.82 Å². The fourth-order valence-electron chi connectivity index (χ4n) is 6.25. The van der Waals surface area contributed by atoms with Crippen LogP contribution in [-0.4, -0.2) is 63.2 Å². The summed E-state index contributed by atoms with van der Waals surface area (Å²) in [5, 5.41) is 5.76. The summed E-state index contributed by atoms with van der Waals surface area (Å²) in [6.45, 7) is 5.32. The Balaban J connectivity index is 1.16. The predicted octanol–water partition coefficient (Wildman–Crippen LogP) is 3.80. The van der Waals surface area contributed by atoms with E-state index in [1.807, 2.05) is 6.07 Å². The maximum atomic E-state index is 15.4. The molecule has 12 nitrogen and oxygen atoms in total. The van der Waals surface area contributed by atoms with Gasteiger partial charge in [0, 0.05) is 56.4 Å². The second-order valence-electron chi connectivity index (χ2n) is 12.5. The van der Waals surface area contributed by atoms with Gasteiger partial charge in [0.25, 0.3) is 11.5 Å². The number of fused-ring (bicyclic) bond motifs is 2. The zero-order valence-corrected chi connectivity index (χ0v) is 25.6. The number of methoxy groups -OCH3 is 1. The Labute approximate surface area is 258 Å². The number of amides is 4. The lowest BCUT2D eigenvalue weighted by atomic mass is 10.0. The molecule has 2 N–H and O–H groups in total. The number of rotatable bonds is 6. The van der Waals surface area contributed by atoms with E-state index in [9.17, 15) is 24.0 Å². The average Bonchev–Trinajstić information content (AvgIpc) is 3.74.